The Bertz CT molecular complexity index is 420. The van der Waals surface area contributed by atoms with Crippen LogP contribution in [0, 0.1) is 5.92 Å². The van der Waals surface area contributed by atoms with Gasteiger partial charge < -0.3 is 10.6 Å². The Morgan fingerprint density at radius 1 is 1.30 bits per heavy atom. The standard InChI is InChI=1S/C16H27N3O/c1-5-10-17-15-9-7-8-14(19-15)16(20)18-13(4)11-12(3)6-2/h7-9,12-13H,5-6,10-11H2,1-4H3,(H,17,19)(H,18,20). The van der Waals surface area contributed by atoms with Gasteiger partial charge in [0.1, 0.15) is 11.5 Å². The van der Waals surface area contributed by atoms with Crippen LogP contribution in [0.15, 0.2) is 18.2 Å². The van der Waals surface area contributed by atoms with Gasteiger partial charge >= 0.3 is 0 Å². The van der Waals surface area contributed by atoms with Crippen LogP contribution in [0.4, 0.5) is 5.82 Å². The van der Waals surface area contributed by atoms with Crippen molar-refractivity contribution in [2.45, 2.75) is 53.0 Å². The van der Waals surface area contributed by atoms with Gasteiger partial charge in [-0.25, -0.2) is 4.98 Å². The molecule has 4 nitrogen and oxygen atoms in total. The average Bonchev–Trinajstić information content (AvgIpc) is 2.45. The van der Waals surface area contributed by atoms with E-state index in [4.69, 9.17) is 0 Å². The van der Waals surface area contributed by atoms with Gasteiger partial charge in [-0.05, 0) is 37.8 Å². The van der Waals surface area contributed by atoms with E-state index in [1.807, 2.05) is 19.1 Å². The van der Waals surface area contributed by atoms with Crippen LogP contribution in [0.25, 0.3) is 0 Å². The van der Waals surface area contributed by atoms with E-state index in [2.05, 4.69) is 36.4 Å². The molecule has 4 heteroatoms. The van der Waals surface area contributed by atoms with Gasteiger partial charge in [-0.3, -0.25) is 4.79 Å². The Labute approximate surface area is 122 Å². The monoisotopic (exact) mass is 277 g/mol. The number of amides is 1. The Kier molecular flexibility index (Phi) is 7.05. The van der Waals surface area contributed by atoms with Crippen molar-refractivity contribution in [1.29, 1.82) is 0 Å². The molecular weight excluding hydrogens is 250 g/mol. The quantitative estimate of drug-likeness (QED) is 0.765. The highest BCUT2D eigenvalue weighted by atomic mass is 16.1. The van der Waals surface area contributed by atoms with Crippen LogP contribution in [0.2, 0.25) is 0 Å². The predicted octanol–water partition coefficient (Wildman–Crippen LogP) is 3.46. The molecule has 0 saturated carbocycles. The Hall–Kier alpha value is -1.58. The molecular formula is C16H27N3O. The van der Waals surface area contributed by atoms with Crippen molar-refractivity contribution >= 4 is 11.7 Å². The first-order valence-electron chi connectivity index (χ1n) is 7.58. The van der Waals surface area contributed by atoms with Crippen LogP contribution in [0.3, 0.4) is 0 Å². The van der Waals surface area contributed by atoms with E-state index >= 15 is 0 Å². The molecule has 0 aliphatic heterocycles. The number of nitrogens with zero attached hydrogens (tertiary/aromatic N) is 1. The van der Waals surface area contributed by atoms with Gasteiger partial charge in [0.15, 0.2) is 0 Å². The predicted molar refractivity (Wildman–Crippen MR) is 84.0 cm³/mol. The first-order chi connectivity index (χ1) is 9.56. The Morgan fingerprint density at radius 3 is 2.70 bits per heavy atom. The normalized spacial score (nSPS) is 13.6. The lowest BCUT2D eigenvalue weighted by molar-refractivity contribution is 0.0930. The molecule has 2 atom stereocenters. The van der Waals surface area contributed by atoms with Gasteiger partial charge in [0.05, 0.1) is 0 Å². The van der Waals surface area contributed by atoms with E-state index in [1.54, 1.807) is 6.07 Å². The molecule has 1 heterocycles. The van der Waals surface area contributed by atoms with Crippen LogP contribution in [0.5, 0.6) is 0 Å². The molecule has 1 rings (SSSR count). The number of carbonyl (C=O) groups excluding carboxylic acids is 1. The van der Waals surface area contributed by atoms with Crippen molar-refractivity contribution in [3.05, 3.63) is 23.9 Å². The molecule has 2 N–H and O–H groups in total. The molecule has 2 unspecified atom stereocenters. The summed E-state index contributed by atoms with van der Waals surface area (Å²) in [6.45, 7) is 9.38. The third-order valence-electron chi connectivity index (χ3n) is 3.37. The molecule has 1 aromatic heterocycles. The van der Waals surface area contributed by atoms with E-state index in [1.165, 1.54) is 0 Å². The molecule has 0 fully saturated rings. The molecule has 0 aromatic carbocycles. The molecule has 1 aromatic rings. The number of pyridine rings is 1. The molecule has 0 saturated heterocycles. The zero-order chi connectivity index (χ0) is 15.0. The van der Waals surface area contributed by atoms with Crippen LogP contribution in [-0.4, -0.2) is 23.5 Å². The number of aromatic nitrogens is 1. The molecule has 0 bridgehead atoms. The summed E-state index contributed by atoms with van der Waals surface area (Å²) in [7, 11) is 0. The van der Waals surface area contributed by atoms with Gasteiger partial charge in [-0.1, -0.05) is 33.3 Å². The zero-order valence-electron chi connectivity index (χ0n) is 13.1. The first kappa shape index (κ1) is 16.5. The SMILES string of the molecule is CCCNc1cccc(C(=O)NC(C)CC(C)CC)n1. The van der Waals surface area contributed by atoms with Crippen molar-refractivity contribution < 1.29 is 4.79 Å². The molecule has 0 radical (unpaired) electrons. The second-order valence-electron chi connectivity index (χ2n) is 5.46. The summed E-state index contributed by atoms with van der Waals surface area (Å²) in [6.07, 6.45) is 3.16. The van der Waals surface area contributed by atoms with Gasteiger partial charge in [-0.2, -0.15) is 0 Å². The fourth-order valence-electron chi connectivity index (χ4n) is 2.04. The highest BCUT2D eigenvalue weighted by Crippen LogP contribution is 2.10. The maximum absolute atomic E-state index is 12.1. The number of hydrogen-bond acceptors (Lipinski definition) is 3. The zero-order valence-corrected chi connectivity index (χ0v) is 13.1. The minimum Gasteiger partial charge on any atom is -0.370 e. The number of rotatable bonds is 8. The summed E-state index contributed by atoms with van der Waals surface area (Å²) >= 11 is 0. The van der Waals surface area contributed by atoms with Gasteiger partial charge in [0.25, 0.3) is 5.91 Å². The maximum atomic E-state index is 12.1. The van der Waals surface area contributed by atoms with Crippen LogP contribution < -0.4 is 10.6 Å². The van der Waals surface area contributed by atoms with E-state index < -0.39 is 0 Å². The van der Waals surface area contributed by atoms with Crippen molar-refractivity contribution in [2.75, 3.05) is 11.9 Å². The number of anilines is 1. The fraction of sp³-hybridized carbons (Fsp3) is 0.625. The summed E-state index contributed by atoms with van der Waals surface area (Å²) in [5, 5.41) is 6.21. The molecule has 0 aliphatic rings. The minimum absolute atomic E-state index is 0.0963. The highest BCUT2D eigenvalue weighted by molar-refractivity contribution is 5.92. The van der Waals surface area contributed by atoms with Crippen molar-refractivity contribution in [3.63, 3.8) is 0 Å². The topological polar surface area (TPSA) is 54.0 Å². The van der Waals surface area contributed by atoms with Crippen LogP contribution >= 0.6 is 0 Å². The maximum Gasteiger partial charge on any atom is 0.270 e. The van der Waals surface area contributed by atoms with E-state index in [0.29, 0.717) is 11.6 Å². The largest absolute Gasteiger partial charge is 0.370 e. The summed E-state index contributed by atoms with van der Waals surface area (Å²) in [4.78, 5) is 16.5. The Balaban J connectivity index is 2.58. The highest BCUT2D eigenvalue weighted by Gasteiger charge is 2.13. The summed E-state index contributed by atoms with van der Waals surface area (Å²) < 4.78 is 0. The molecule has 0 spiro atoms. The van der Waals surface area contributed by atoms with E-state index in [9.17, 15) is 4.79 Å². The average molecular weight is 277 g/mol. The fourth-order valence-corrected chi connectivity index (χ4v) is 2.04. The first-order valence-corrected chi connectivity index (χ1v) is 7.58. The second kappa shape index (κ2) is 8.56. The van der Waals surface area contributed by atoms with Crippen molar-refractivity contribution in [2.24, 2.45) is 5.92 Å². The second-order valence-corrected chi connectivity index (χ2v) is 5.46. The minimum atomic E-state index is -0.0963. The number of carbonyl (C=O) groups is 1. The number of nitrogens with one attached hydrogen (secondary N) is 2. The lowest BCUT2D eigenvalue weighted by atomic mass is 10.0. The third-order valence-corrected chi connectivity index (χ3v) is 3.37. The molecule has 112 valence electrons. The Morgan fingerprint density at radius 2 is 2.05 bits per heavy atom. The molecule has 0 aliphatic carbocycles. The van der Waals surface area contributed by atoms with Crippen molar-refractivity contribution in [3.8, 4) is 0 Å². The summed E-state index contributed by atoms with van der Waals surface area (Å²) in [6, 6.07) is 5.67. The summed E-state index contributed by atoms with van der Waals surface area (Å²) in [5.41, 5.74) is 0.474. The van der Waals surface area contributed by atoms with Gasteiger partial charge in [0, 0.05) is 12.6 Å². The number of hydrogen-bond donors (Lipinski definition) is 2. The van der Waals surface area contributed by atoms with Crippen LogP contribution in [-0.2, 0) is 0 Å². The summed E-state index contributed by atoms with van der Waals surface area (Å²) in [5.74, 6) is 1.28. The molecule has 20 heavy (non-hydrogen) atoms. The van der Waals surface area contributed by atoms with Gasteiger partial charge in [-0.15, -0.1) is 0 Å². The van der Waals surface area contributed by atoms with Crippen LogP contribution in [0.1, 0.15) is 57.4 Å². The van der Waals surface area contributed by atoms with Crippen molar-refractivity contribution in [1.82, 2.24) is 10.3 Å². The van der Waals surface area contributed by atoms with E-state index in [-0.39, 0.29) is 11.9 Å². The van der Waals surface area contributed by atoms with Gasteiger partial charge in [0.2, 0.25) is 0 Å². The van der Waals surface area contributed by atoms with E-state index in [0.717, 1.165) is 31.6 Å². The smallest absolute Gasteiger partial charge is 0.270 e. The lowest BCUT2D eigenvalue weighted by Crippen LogP contribution is -2.34. The lowest BCUT2D eigenvalue weighted by Gasteiger charge is -2.17. The third kappa shape index (κ3) is 5.59. The molecule has 1 amide bonds.